The van der Waals surface area contributed by atoms with E-state index in [1.807, 2.05) is 31.2 Å². The van der Waals surface area contributed by atoms with E-state index < -0.39 is 12.0 Å². The van der Waals surface area contributed by atoms with Crippen molar-refractivity contribution in [1.29, 1.82) is 0 Å². The fourth-order valence-electron chi connectivity index (χ4n) is 3.39. The van der Waals surface area contributed by atoms with Crippen molar-refractivity contribution in [1.82, 2.24) is 0 Å². The standard InChI is InChI=1S/C21H21N3O4/c1-12-3-6-16(7-4-12)24-11-14(9-19(24)25)21(27)22-15-5-8-18-17(10-15)23-20(26)13(2)28-18/h3-8,10,13-14H,9,11H2,1-2H3,(H,22,27)(H,23,26)/t13-,14-/m0/s1. The van der Waals surface area contributed by atoms with E-state index in [9.17, 15) is 14.4 Å². The van der Waals surface area contributed by atoms with Crippen molar-refractivity contribution in [2.45, 2.75) is 26.4 Å². The van der Waals surface area contributed by atoms with Gasteiger partial charge < -0.3 is 20.3 Å². The number of nitrogens with one attached hydrogen (secondary N) is 2. The topological polar surface area (TPSA) is 87.7 Å². The Labute approximate surface area is 162 Å². The van der Waals surface area contributed by atoms with E-state index in [4.69, 9.17) is 4.74 Å². The molecule has 2 aromatic rings. The van der Waals surface area contributed by atoms with Gasteiger partial charge in [-0.2, -0.15) is 0 Å². The summed E-state index contributed by atoms with van der Waals surface area (Å²) in [6.07, 6.45) is -0.382. The number of rotatable bonds is 3. The molecule has 4 rings (SSSR count). The summed E-state index contributed by atoms with van der Waals surface area (Å²) in [5.74, 6) is -0.392. The first kappa shape index (κ1) is 18.0. The van der Waals surface area contributed by atoms with Crippen LogP contribution in [0.5, 0.6) is 5.75 Å². The van der Waals surface area contributed by atoms with Crippen LogP contribution in [0.15, 0.2) is 42.5 Å². The SMILES string of the molecule is Cc1ccc(N2C[C@@H](C(=O)Nc3ccc4c(c3)NC(=O)[C@H](C)O4)CC2=O)cc1. The van der Waals surface area contributed by atoms with E-state index in [1.165, 1.54) is 0 Å². The van der Waals surface area contributed by atoms with Gasteiger partial charge in [0.15, 0.2) is 6.10 Å². The zero-order chi connectivity index (χ0) is 19.8. The monoisotopic (exact) mass is 379 g/mol. The number of benzene rings is 2. The van der Waals surface area contributed by atoms with Crippen molar-refractivity contribution in [3.63, 3.8) is 0 Å². The molecule has 2 atom stereocenters. The van der Waals surface area contributed by atoms with Gasteiger partial charge in [-0.1, -0.05) is 17.7 Å². The van der Waals surface area contributed by atoms with E-state index in [-0.39, 0.29) is 24.1 Å². The van der Waals surface area contributed by atoms with Gasteiger partial charge in [-0.15, -0.1) is 0 Å². The van der Waals surface area contributed by atoms with Gasteiger partial charge in [-0.05, 0) is 44.2 Å². The van der Waals surface area contributed by atoms with Gasteiger partial charge in [0, 0.05) is 24.3 Å². The molecule has 7 nitrogen and oxygen atoms in total. The number of amides is 3. The highest BCUT2D eigenvalue weighted by molar-refractivity contribution is 6.04. The molecular weight excluding hydrogens is 358 g/mol. The fraction of sp³-hybridized carbons (Fsp3) is 0.286. The minimum absolute atomic E-state index is 0.0657. The van der Waals surface area contributed by atoms with Gasteiger partial charge in [-0.3, -0.25) is 14.4 Å². The maximum atomic E-state index is 12.7. The van der Waals surface area contributed by atoms with Crippen LogP contribution in [-0.2, 0) is 14.4 Å². The highest BCUT2D eigenvalue weighted by atomic mass is 16.5. The van der Waals surface area contributed by atoms with Gasteiger partial charge in [0.2, 0.25) is 11.8 Å². The lowest BCUT2D eigenvalue weighted by Gasteiger charge is -2.24. The summed E-state index contributed by atoms with van der Waals surface area (Å²) < 4.78 is 5.51. The van der Waals surface area contributed by atoms with Gasteiger partial charge >= 0.3 is 0 Å². The molecule has 1 saturated heterocycles. The summed E-state index contributed by atoms with van der Waals surface area (Å²) in [5, 5.41) is 5.59. The predicted octanol–water partition coefficient (Wildman–Crippen LogP) is 2.71. The lowest BCUT2D eigenvalue weighted by atomic mass is 10.1. The zero-order valence-corrected chi connectivity index (χ0v) is 15.7. The third kappa shape index (κ3) is 3.43. The minimum atomic E-state index is -0.551. The number of nitrogens with zero attached hydrogens (tertiary/aromatic N) is 1. The zero-order valence-electron chi connectivity index (χ0n) is 15.7. The Hall–Kier alpha value is -3.35. The highest BCUT2D eigenvalue weighted by Gasteiger charge is 2.35. The van der Waals surface area contributed by atoms with Crippen LogP contribution in [0.25, 0.3) is 0 Å². The molecule has 2 N–H and O–H groups in total. The number of hydrogen-bond acceptors (Lipinski definition) is 4. The third-order valence-corrected chi connectivity index (χ3v) is 5.02. The third-order valence-electron chi connectivity index (χ3n) is 5.02. The van der Waals surface area contributed by atoms with E-state index in [1.54, 1.807) is 30.0 Å². The summed E-state index contributed by atoms with van der Waals surface area (Å²) in [5.41, 5.74) is 2.98. The van der Waals surface area contributed by atoms with Crippen LogP contribution in [0.3, 0.4) is 0 Å². The largest absolute Gasteiger partial charge is 0.479 e. The Bertz CT molecular complexity index is 955. The van der Waals surface area contributed by atoms with Crippen LogP contribution in [0.4, 0.5) is 17.1 Å². The van der Waals surface area contributed by atoms with Gasteiger partial charge in [0.25, 0.3) is 5.91 Å². The lowest BCUT2D eigenvalue weighted by molar-refractivity contribution is -0.122. The molecule has 0 radical (unpaired) electrons. The fourth-order valence-corrected chi connectivity index (χ4v) is 3.39. The summed E-state index contributed by atoms with van der Waals surface area (Å²) >= 11 is 0. The molecule has 28 heavy (non-hydrogen) atoms. The van der Waals surface area contributed by atoms with Crippen molar-refractivity contribution in [3.8, 4) is 5.75 Å². The highest BCUT2D eigenvalue weighted by Crippen LogP contribution is 2.33. The minimum Gasteiger partial charge on any atom is -0.479 e. The molecule has 0 aliphatic carbocycles. The summed E-state index contributed by atoms with van der Waals surface area (Å²) in [6, 6.07) is 12.8. The first-order chi connectivity index (χ1) is 13.4. The molecule has 0 saturated carbocycles. The van der Waals surface area contributed by atoms with Crippen LogP contribution in [0, 0.1) is 12.8 Å². The molecule has 144 valence electrons. The molecule has 2 aliphatic heterocycles. The summed E-state index contributed by atoms with van der Waals surface area (Å²) in [7, 11) is 0. The summed E-state index contributed by atoms with van der Waals surface area (Å²) in [6.45, 7) is 4.00. The number of hydrogen-bond donors (Lipinski definition) is 2. The molecule has 0 spiro atoms. The smallest absolute Gasteiger partial charge is 0.265 e. The van der Waals surface area contributed by atoms with Gasteiger partial charge in [-0.25, -0.2) is 0 Å². The maximum Gasteiger partial charge on any atom is 0.265 e. The van der Waals surface area contributed by atoms with E-state index in [0.29, 0.717) is 23.7 Å². The van der Waals surface area contributed by atoms with Crippen LogP contribution >= 0.6 is 0 Å². The quantitative estimate of drug-likeness (QED) is 0.858. The lowest BCUT2D eigenvalue weighted by Crippen LogP contribution is -2.34. The number of carbonyl (C=O) groups excluding carboxylic acids is 3. The number of aryl methyl sites for hydroxylation is 1. The number of carbonyl (C=O) groups is 3. The van der Waals surface area contributed by atoms with E-state index >= 15 is 0 Å². The van der Waals surface area contributed by atoms with Crippen LogP contribution in [-0.4, -0.2) is 30.4 Å². The van der Waals surface area contributed by atoms with Crippen molar-refractivity contribution in [3.05, 3.63) is 48.0 Å². The van der Waals surface area contributed by atoms with Crippen molar-refractivity contribution < 1.29 is 19.1 Å². The van der Waals surface area contributed by atoms with Crippen molar-refractivity contribution in [2.24, 2.45) is 5.92 Å². The average molecular weight is 379 g/mol. The van der Waals surface area contributed by atoms with Crippen LogP contribution in [0.1, 0.15) is 18.9 Å². The molecule has 0 bridgehead atoms. The molecule has 2 aliphatic rings. The normalized spacial score (nSPS) is 21.0. The second kappa shape index (κ2) is 6.99. The molecule has 2 aromatic carbocycles. The van der Waals surface area contributed by atoms with E-state index in [0.717, 1.165) is 11.3 Å². The molecule has 3 amide bonds. The van der Waals surface area contributed by atoms with Gasteiger partial charge in [0.1, 0.15) is 5.75 Å². The molecule has 2 heterocycles. The Morgan fingerprint density at radius 3 is 2.68 bits per heavy atom. The second-order valence-corrected chi connectivity index (χ2v) is 7.19. The number of fused-ring (bicyclic) bond motifs is 1. The molecule has 0 unspecified atom stereocenters. The molecular formula is C21H21N3O4. The Balaban J connectivity index is 1.44. The Morgan fingerprint density at radius 2 is 1.93 bits per heavy atom. The number of anilines is 3. The molecule has 1 fully saturated rings. The van der Waals surface area contributed by atoms with Crippen molar-refractivity contribution in [2.75, 3.05) is 22.1 Å². The average Bonchev–Trinajstić information content (AvgIpc) is 3.05. The number of ether oxygens (including phenoxy) is 1. The summed E-state index contributed by atoms with van der Waals surface area (Å²) in [4.78, 5) is 38.4. The first-order valence-electron chi connectivity index (χ1n) is 9.20. The first-order valence-corrected chi connectivity index (χ1v) is 9.20. The Morgan fingerprint density at radius 1 is 1.18 bits per heavy atom. The van der Waals surface area contributed by atoms with Crippen LogP contribution < -0.4 is 20.3 Å². The Kier molecular flexibility index (Phi) is 4.50. The maximum absolute atomic E-state index is 12.7. The molecule has 7 heteroatoms. The molecule has 0 aromatic heterocycles. The second-order valence-electron chi connectivity index (χ2n) is 7.19. The van der Waals surface area contributed by atoms with Crippen molar-refractivity contribution >= 4 is 34.8 Å². The van der Waals surface area contributed by atoms with E-state index in [2.05, 4.69) is 10.6 Å². The van der Waals surface area contributed by atoms with Crippen LogP contribution in [0.2, 0.25) is 0 Å². The van der Waals surface area contributed by atoms with Gasteiger partial charge in [0.05, 0.1) is 11.6 Å². The predicted molar refractivity (Wildman–Crippen MR) is 105 cm³/mol.